The molecular formula is C19H17N5S2. The van der Waals surface area contributed by atoms with Crippen LogP contribution in [0.3, 0.4) is 0 Å². The highest BCUT2D eigenvalue weighted by molar-refractivity contribution is 7.19. The molecule has 0 fully saturated rings. The molecule has 7 heteroatoms. The first-order valence-corrected chi connectivity index (χ1v) is 10.2. The summed E-state index contributed by atoms with van der Waals surface area (Å²) >= 11 is 3.39. The van der Waals surface area contributed by atoms with E-state index in [1.165, 1.54) is 15.2 Å². The third-order valence-corrected chi connectivity index (χ3v) is 6.51. The highest BCUT2D eigenvalue weighted by atomic mass is 32.1. The second-order valence-corrected chi connectivity index (χ2v) is 8.38. The standard InChI is InChI=1S/C19H17N5S2/c1-24-6-2-3-12(9-24)17-8-14-18(20-10-21-19(14)26-17)23-13-4-5-16-15(7-13)22-11-25-16/h3-5,7-8,10-11H,2,6,9H2,1H3,(H,20,21,23). The van der Waals surface area contributed by atoms with Gasteiger partial charge in [-0.2, -0.15) is 0 Å². The lowest BCUT2D eigenvalue weighted by Crippen LogP contribution is -2.24. The van der Waals surface area contributed by atoms with Crippen LogP contribution in [0, 0.1) is 0 Å². The Kier molecular flexibility index (Phi) is 3.92. The molecule has 0 saturated carbocycles. The summed E-state index contributed by atoms with van der Waals surface area (Å²) in [6.45, 7) is 2.11. The van der Waals surface area contributed by atoms with Crippen molar-refractivity contribution in [2.45, 2.75) is 6.42 Å². The summed E-state index contributed by atoms with van der Waals surface area (Å²) in [6, 6.07) is 8.44. The Morgan fingerprint density at radius 2 is 2.12 bits per heavy atom. The van der Waals surface area contributed by atoms with E-state index in [0.717, 1.165) is 46.7 Å². The minimum absolute atomic E-state index is 0.844. The number of anilines is 2. The number of hydrogen-bond acceptors (Lipinski definition) is 7. The van der Waals surface area contributed by atoms with Crippen LogP contribution in [0.4, 0.5) is 11.5 Å². The molecule has 1 N–H and O–H groups in total. The molecule has 0 spiro atoms. The second kappa shape index (κ2) is 6.42. The molecule has 0 radical (unpaired) electrons. The van der Waals surface area contributed by atoms with E-state index in [1.807, 2.05) is 5.51 Å². The molecule has 1 aromatic carbocycles. The highest BCUT2D eigenvalue weighted by Crippen LogP contribution is 2.35. The minimum Gasteiger partial charge on any atom is -0.340 e. The van der Waals surface area contributed by atoms with Gasteiger partial charge in [0, 0.05) is 23.7 Å². The molecule has 0 amide bonds. The number of thiazole rings is 1. The first-order chi connectivity index (χ1) is 12.8. The molecule has 4 aromatic rings. The van der Waals surface area contributed by atoms with Crippen LogP contribution >= 0.6 is 22.7 Å². The molecule has 130 valence electrons. The fraction of sp³-hybridized carbons (Fsp3) is 0.211. The third-order valence-electron chi connectivity index (χ3n) is 4.58. The number of fused-ring (bicyclic) bond motifs is 2. The van der Waals surface area contributed by atoms with Gasteiger partial charge in [-0.25, -0.2) is 15.0 Å². The van der Waals surface area contributed by atoms with Gasteiger partial charge in [-0.1, -0.05) is 6.08 Å². The number of benzene rings is 1. The number of nitrogens with zero attached hydrogens (tertiary/aromatic N) is 4. The largest absolute Gasteiger partial charge is 0.340 e. The minimum atomic E-state index is 0.844. The molecule has 26 heavy (non-hydrogen) atoms. The Hall–Kier alpha value is -2.35. The zero-order valence-corrected chi connectivity index (χ0v) is 15.9. The summed E-state index contributed by atoms with van der Waals surface area (Å²) in [5, 5.41) is 4.51. The van der Waals surface area contributed by atoms with Crippen LogP contribution in [0.15, 0.2) is 42.2 Å². The third kappa shape index (κ3) is 2.88. The average molecular weight is 380 g/mol. The van der Waals surface area contributed by atoms with Crippen LogP contribution in [-0.2, 0) is 0 Å². The SMILES string of the molecule is CN1CCC=C(c2cc3c(Nc4ccc5scnc5c4)ncnc3s2)C1. The van der Waals surface area contributed by atoms with Crippen LogP contribution in [0.25, 0.3) is 26.0 Å². The first-order valence-electron chi connectivity index (χ1n) is 8.49. The fourth-order valence-corrected chi connectivity index (χ4v) is 4.95. The lowest BCUT2D eigenvalue weighted by atomic mass is 10.1. The van der Waals surface area contributed by atoms with E-state index in [2.05, 4.69) is 62.6 Å². The zero-order chi connectivity index (χ0) is 17.5. The van der Waals surface area contributed by atoms with Crippen molar-refractivity contribution >= 4 is 60.2 Å². The lowest BCUT2D eigenvalue weighted by molar-refractivity contribution is 0.373. The van der Waals surface area contributed by atoms with Crippen LogP contribution in [0.5, 0.6) is 0 Å². The Balaban J connectivity index is 1.52. The van der Waals surface area contributed by atoms with E-state index in [9.17, 15) is 0 Å². The van der Waals surface area contributed by atoms with E-state index >= 15 is 0 Å². The Morgan fingerprint density at radius 3 is 3.04 bits per heavy atom. The number of rotatable bonds is 3. The number of nitrogens with one attached hydrogen (secondary N) is 1. The zero-order valence-electron chi connectivity index (χ0n) is 14.3. The van der Waals surface area contributed by atoms with Gasteiger partial charge in [0.05, 0.1) is 21.1 Å². The summed E-state index contributed by atoms with van der Waals surface area (Å²) in [6.07, 6.45) is 5.08. The van der Waals surface area contributed by atoms with Crippen molar-refractivity contribution in [1.82, 2.24) is 19.9 Å². The van der Waals surface area contributed by atoms with E-state index in [-0.39, 0.29) is 0 Å². The van der Waals surface area contributed by atoms with Gasteiger partial charge in [-0.05, 0) is 43.3 Å². The molecule has 0 saturated heterocycles. The van der Waals surface area contributed by atoms with Crippen molar-refractivity contribution in [3.8, 4) is 0 Å². The van der Waals surface area contributed by atoms with Crippen molar-refractivity contribution in [3.63, 3.8) is 0 Å². The van der Waals surface area contributed by atoms with E-state index in [1.54, 1.807) is 29.0 Å². The Labute approximate surface area is 159 Å². The van der Waals surface area contributed by atoms with Gasteiger partial charge in [0.15, 0.2) is 0 Å². The van der Waals surface area contributed by atoms with Gasteiger partial charge in [0.1, 0.15) is 17.0 Å². The van der Waals surface area contributed by atoms with Gasteiger partial charge in [-0.15, -0.1) is 22.7 Å². The number of hydrogen-bond donors (Lipinski definition) is 1. The van der Waals surface area contributed by atoms with Crippen LogP contribution in [-0.4, -0.2) is 40.0 Å². The van der Waals surface area contributed by atoms with E-state index in [4.69, 9.17) is 0 Å². The topological polar surface area (TPSA) is 53.9 Å². The van der Waals surface area contributed by atoms with Crippen molar-refractivity contribution in [1.29, 1.82) is 0 Å². The molecule has 1 aliphatic heterocycles. The number of aromatic nitrogens is 3. The number of thiophene rings is 1. The van der Waals surface area contributed by atoms with Gasteiger partial charge in [0.25, 0.3) is 0 Å². The second-order valence-electron chi connectivity index (χ2n) is 6.47. The first kappa shape index (κ1) is 15.9. The van der Waals surface area contributed by atoms with Gasteiger partial charge in [-0.3, -0.25) is 0 Å². The summed E-state index contributed by atoms with van der Waals surface area (Å²) in [5.74, 6) is 0.844. The van der Waals surface area contributed by atoms with Gasteiger partial charge in [0.2, 0.25) is 0 Å². The van der Waals surface area contributed by atoms with E-state index < -0.39 is 0 Å². The maximum atomic E-state index is 4.48. The van der Waals surface area contributed by atoms with Gasteiger partial charge >= 0.3 is 0 Å². The Morgan fingerprint density at radius 1 is 1.15 bits per heavy atom. The van der Waals surface area contributed by atoms with Crippen molar-refractivity contribution in [3.05, 3.63) is 47.1 Å². The molecule has 0 aliphatic carbocycles. The maximum absolute atomic E-state index is 4.48. The summed E-state index contributed by atoms with van der Waals surface area (Å²) in [4.78, 5) is 18.0. The quantitative estimate of drug-likeness (QED) is 0.556. The molecule has 1 aliphatic rings. The molecule has 0 atom stereocenters. The van der Waals surface area contributed by atoms with Crippen molar-refractivity contribution in [2.75, 3.05) is 25.5 Å². The van der Waals surface area contributed by atoms with Crippen LogP contribution < -0.4 is 5.32 Å². The van der Waals surface area contributed by atoms with Crippen molar-refractivity contribution < 1.29 is 0 Å². The summed E-state index contributed by atoms with van der Waals surface area (Å²) in [5.41, 5.74) is 5.26. The van der Waals surface area contributed by atoms with E-state index in [0.29, 0.717) is 0 Å². The Bertz CT molecular complexity index is 1130. The predicted molar refractivity (Wildman–Crippen MR) is 110 cm³/mol. The van der Waals surface area contributed by atoms with Crippen LogP contribution in [0.2, 0.25) is 0 Å². The smallest absolute Gasteiger partial charge is 0.142 e. The molecule has 5 nitrogen and oxygen atoms in total. The maximum Gasteiger partial charge on any atom is 0.142 e. The van der Waals surface area contributed by atoms with Crippen molar-refractivity contribution in [2.24, 2.45) is 0 Å². The highest BCUT2D eigenvalue weighted by Gasteiger charge is 2.15. The molecule has 5 rings (SSSR count). The number of likely N-dealkylation sites (N-methyl/N-ethyl adjacent to an activating group) is 1. The molecular weight excluding hydrogens is 362 g/mol. The molecule has 3 aromatic heterocycles. The normalized spacial score (nSPS) is 15.5. The average Bonchev–Trinajstić information content (AvgIpc) is 3.28. The molecule has 0 bridgehead atoms. The monoisotopic (exact) mass is 379 g/mol. The summed E-state index contributed by atoms with van der Waals surface area (Å²) in [7, 11) is 2.17. The molecule has 0 unspecified atom stereocenters. The summed E-state index contributed by atoms with van der Waals surface area (Å²) < 4.78 is 1.19. The predicted octanol–water partition coefficient (Wildman–Crippen LogP) is 4.76. The molecule has 4 heterocycles. The lowest BCUT2D eigenvalue weighted by Gasteiger charge is -2.22. The van der Waals surface area contributed by atoms with Crippen LogP contribution in [0.1, 0.15) is 11.3 Å². The van der Waals surface area contributed by atoms with Gasteiger partial charge < -0.3 is 10.2 Å². The fourth-order valence-electron chi connectivity index (χ4n) is 3.26.